The molecule has 1 aromatic heterocycles. The van der Waals surface area contributed by atoms with Crippen molar-refractivity contribution in [2.75, 3.05) is 13.7 Å². The van der Waals surface area contributed by atoms with Gasteiger partial charge in [-0.25, -0.2) is 9.59 Å². The minimum Gasteiger partial charge on any atom is -0.481 e. The third-order valence-corrected chi connectivity index (χ3v) is 12.7. The van der Waals surface area contributed by atoms with Crippen molar-refractivity contribution < 1.29 is 71.8 Å². The number of carbonyl (C=O) groups excluding carboxylic acids is 5. The Bertz CT molecular complexity index is 1650. The van der Waals surface area contributed by atoms with Gasteiger partial charge in [-0.15, -0.1) is 0 Å². The number of rotatable bonds is 12. The van der Waals surface area contributed by atoms with E-state index in [1.165, 1.54) is 19.5 Å². The molecule has 2 aliphatic heterocycles. The Kier molecular flexibility index (Phi) is 10.7. The Morgan fingerprint density at radius 1 is 1.09 bits per heavy atom. The fraction of sp³-hybridized carbons (Fsp3) is 0.684. The van der Waals surface area contributed by atoms with Crippen molar-refractivity contribution in [2.24, 2.45) is 34.5 Å². The van der Waals surface area contributed by atoms with E-state index < -0.39 is 125 Å². The Labute approximate surface area is 307 Å². The molecule has 2 saturated heterocycles. The molecule has 292 valence electrons. The molecule has 13 atom stereocenters. The molecule has 0 amide bonds. The van der Waals surface area contributed by atoms with Gasteiger partial charge in [0.25, 0.3) is 0 Å². The molecular formula is C38H50O15. The van der Waals surface area contributed by atoms with E-state index in [0.717, 1.165) is 21.0 Å². The zero-order chi connectivity index (χ0) is 39.4. The third-order valence-electron chi connectivity index (χ3n) is 12.7. The van der Waals surface area contributed by atoms with Gasteiger partial charge in [-0.1, -0.05) is 40.7 Å². The predicted molar refractivity (Wildman–Crippen MR) is 180 cm³/mol. The average molecular weight is 747 g/mol. The van der Waals surface area contributed by atoms with Crippen molar-refractivity contribution in [1.29, 1.82) is 0 Å². The summed E-state index contributed by atoms with van der Waals surface area (Å²) in [4.78, 5) is 79.4. The van der Waals surface area contributed by atoms with Crippen LogP contribution in [0.3, 0.4) is 0 Å². The number of methoxy groups -OCH3 is 1. The summed E-state index contributed by atoms with van der Waals surface area (Å²) in [6.07, 6.45) is -2.22. The number of hydrogen-bond acceptors (Lipinski definition) is 14. The maximum Gasteiger partial charge on any atom is 0.348 e. The van der Waals surface area contributed by atoms with Crippen LogP contribution in [0.5, 0.6) is 0 Å². The van der Waals surface area contributed by atoms with E-state index in [-0.39, 0.29) is 6.42 Å². The second-order valence-electron chi connectivity index (χ2n) is 15.7. The molecule has 0 radical (unpaired) electrons. The van der Waals surface area contributed by atoms with Gasteiger partial charge in [0.1, 0.15) is 29.8 Å². The Hall–Kier alpha value is -4.24. The molecule has 4 fully saturated rings. The highest BCUT2D eigenvalue weighted by atomic mass is 16.6. The summed E-state index contributed by atoms with van der Waals surface area (Å²) in [5.74, 6) is -10.8. The minimum absolute atomic E-state index is 0.307. The van der Waals surface area contributed by atoms with Gasteiger partial charge in [0.2, 0.25) is 0 Å². The lowest BCUT2D eigenvalue weighted by Crippen LogP contribution is -2.66. The minimum atomic E-state index is -1.82. The third kappa shape index (κ3) is 6.43. The summed E-state index contributed by atoms with van der Waals surface area (Å²) in [5, 5.41) is 22.4. The van der Waals surface area contributed by atoms with Gasteiger partial charge in [-0.2, -0.15) is 0 Å². The number of aliphatic hydroxyl groups is 1. The lowest BCUT2D eigenvalue weighted by Gasteiger charge is -2.59. The Balaban J connectivity index is 1.79. The second kappa shape index (κ2) is 14.2. The zero-order valence-electron chi connectivity index (χ0n) is 31.4. The number of esters is 5. The zero-order valence-corrected chi connectivity index (χ0v) is 31.4. The molecule has 2 aliphatic carbocycles. The van der Waals surface area contributed by atoms with Crippen molar-refractivity contribution in [3.63, 3.8) is 0 Å². The summed E-state index contributed by atoms with van der Waals surface area (Å²) in [6, 6.07) is 1.75. The van der Waals surface area contributed by atoms with Crippen LogP contribution in [0.25, 0.3) is 0 Å². The molecule has 5 rings (SSSR count). The number of cyclic esters (lactones) is 1. The fourth-order valence-electron chi connectivity index (χ4n) is 9.91. The van der Waals surface area contributed by atoms with Crippen LogP contribution in [0.2, 0.25) is 0 Å². The van der Waals surface area contributed by atoms with Gasteiger partial charge in [0.05, 0.1) is 32.2 Å². The number of ether oxygens (including phenoxy) is 6. The first-order chi connectivity index (χ1) is 24.7. The van der Waals surface area contributed by atoms with E-state index >= 15 is 0 Å². The van der Waals surface area contributed by atoms with Gasteiger partial charge >= 0.3 is 35.8 Å². The predicted octanol–water partition coefficient (Wildman–Crippen LogP) is 3.50. The van der Waals surface area contributed by atoms with Crippen molar-refractivity contribution >= 4 is 35.8 Å². The van der Waals surface area contributed by atoms with E-state index in [2.05, 4.69) is 6.58 Å². The summed E-state index contributed by atoms with van der Waals surface area (Å²) in [5.41, 5.74) is -4.98. The standard InChI is InChI=1S/C38H50O15/c1-10-18(2)30(42)34(46)51-31-28(32(43)44)29(19(3)38-26(52-38)13-23(37(31,38)8)22-11-12-48-16-22)35(6)15-24(50-21(5)40)33(45)53-36(7,17-49-20(4)39)25(35)14-27(41)47-9/h11-12,16,18,23-26,28-31,42H,3,10,13-15,17H2,1-2,4-9H3,(H,43,44)/t18?,23-,24-,25+,26+,28+,29+,30?,31-,35-,36+,37+,38+/m0/s1. The van der Waals surface area contributed by atoms with Crippen molar-refractivity contribution in [3.8, 4) is 0 Å². The molecule has 2 saturated carbocycles. The second-order valence-corrected chi connectivity index (χ2v) is 15.7. The van der Waals surface area contributed by atoms with E-state index in [1.807, 2.05) is 0 Å². The topological polar surface area (TPSA) is 215 Å². The summed E-state index contributed by atoms with van der Waals surface area (Å²) < 4.78 is 40.1. The van der Waals surface area contributed by atoms with Crippen LogP contribution >= 0.6 is 0 Å². The van der Waals surface area contributed by atoms with Crippen molar-refractivity contribution in [3.05, 3.63) is 36.3 Å². The van der Waals surface area contributed by atoms with Crippen LogP contribution in [0.1, 0.15) is 85.6 Å². The molecule has 2 unspecified atom stereocenters. The van der Waals surface area contributed by atoms with E-state index in [4.69, 9.17) is 32.8 Å². The number of carboxylic acids is 1. The number of carboxylic acid groups (broad SMARTS) is 1. The molecule has 2 N–H and O–H groups in total. The largest absolute Gasteiger partial charge is 0.481 e. The lowest BCUT2D eigenvalue weighted by atomic mass is 9.45. The molecule has 1 spiro atoms. The summed E-state index contributed by atoms with van der Waals surface area (Å²) in [6.45, 7) is 14.5. The molecule has 53 heavy (non-hydrogen) atoms. The van der Waals surface area contributed by atoms with Crippen molar-refractivity contribution in [2.45, 2.75) is 116 Å². The highest BCUT2D eigenvalue weighted by molar-refractivity contribution is 5.81. The number of epoxide rings is 1. The first kappa shape index (κ1) is 40.0. The average Bonchev–Trinajstić information content (AvgIpc) is 3.45. The van der Waals surface area contributed by atoms with E-state index in [0.29, 0.717) is 24.0 Å². The van der Waals surface area contributed by atoms with Gasteiger partial charge in [-0.3, -0.25) is 19.2 Å². The maximum atomic E-state index is 14.0. The van der Waals surface area contributed by atoms with Crippen LogP contribution in [-0.2, 0) is 57.2 Å². The van der Waals surface area contributed by atoms with Crippen LogP contribution < -0.4 is 0 Å². The number of aliphatic carboxylic acids is 1. The van der Waals surface area contributed by atoms with Crippen molar-refractivity contribution in [1.82, 2.24) is 0 Å². The SMILES string of the molecule is C=C1[C@@H]([C@@]2(C)C[C@H](OC(C)=O)C(=O)O[C@](C)(COC(C)=O)[C@@H]2CC(=O)OC)[C@@H](C(=O)O)[C@H](OC(=O)C(O)C(C)CC)[C@@]2(C)[C@H](c3ccoc3)C[C@H]3O[C@]132. The number of furan rings is 1. The van der Waals surface area contributed by atoms with Gasteiger partial charge in [0, 0.05) is 43.4 Å². The van der Waals surface area contributed by atoms with Gasteiger partial charge < -0.3 is 43.1 Å². The Morgan fingerprint density at radius 2 is 1.77 bits per heavy atom. The number of hydrogen-bond donors (Lipinski definition) is 2. The molecule has 15 heteroatoms. The fourth-order valence-corrected chi connectivity index (χ4v) is 9.91. The van der Waals surface area contributed by atoms with Crippen LogP contribution in [0, 0.1) is 34.5 Å². The quantitative estimate of drug-likeness (QED) is 0.136. The van der Waals surface area contributed by atoms with Gasteiger partial charge in [-0.05, 0) is 41.9 Å². The Morgan fingerprint density at radius 3 is 2.32 bits per heavy atom. The van der Waals surface area contributed by atoms with Crippen LogP contribution in [0.4, 0.5) is 0 Å². The molecule has 4 aliphatic rings. The highest BCUT2D eigenvalue weighted by Crippen LogP contribution is 2.77. The summed E-state index contributed by atoms with van der Waals surface area (Å²) >= 11 is 0. The van der Waals surface area contributed by atoms with Crippen LogP contribution in [0.15, 0.2) is 35.2 Å². The number of aliphatic hydroxyl groups excluding tert-OH is 1. The van der Waals surface area contributed by atoms with E-state index in [9.17, 15) is 39.0 Å². The van der Waals surface area contributed by atoms with Crippen LogP contribution in [-0.4, -0.2) is 95.4 Å². The summed E-state index contributed by atoms with van der Waals surface area (Å²) in [7, 11) is 1.16. The molecule has 1 aromatic rings. The van der Waals surface area contributed by atoms with E-state index in [1.54, 1.807) is 33.8 Å². The molecule has 15 nitrogen and oxygen atoms in total. The molecular weight excluding hydrogens is 696 g/mol. The smallest absolute Gasteiger partial charge is 0.348 e. The maximum absolute atomic E-state index is 14.0. The molecule has 0 bridgehead atoms. The highest BCUT2D eigenvalue weighted by Gasteiger charge is 2.84. The first-order valence-electron chi connectivity index (χ1n) is 17.8. The van der Waals surface area contributed by atoms with Gasteiger partial charge in [0.15, 0.2) is 12.2 Å². The number of carbonyl (C=O) groups is 6. The normalized spacial score (nSPS) is 38.5. The monoisotopic (exact) mass is 746 g/mol. The molecule has 0 aromatic carbocycles. The first-order valence-corrected chi connectivity index (χ1v) is 17.8. The lowest BCUT2D eigenvalue weighted by molar-refractivity contribution is -0.204. The molecule has 3 heterocycles.